The summed E-state index contributed by atoms with van der Waals surface area (Å²) in [6.45, 7) is 5.53. The molecule has 0 saturated heterocycles. The summed E-state index contributed by atoms with van der Waals surface area (Å²) in [5, 5.41) is 9.85. The Morgan fingerprint density at radius 2 is 2.06 bits per heavy atom. The van der Waals surface area contributed by atoms with Gasteiger partial charge in [-0.25, -0.2) is 0 Å². The van der Waals surface area contributed by atoms with Crippen LogP contribution >= 0.6 is 0 Å². The van der Waals surface area contributed by atoms with Gasteiger partial charge in [-0.15, -0.1) is 0 Å². The molecule has 1 atom stereocenters. The summed E-state index contributed by atoms with van der Waals surface area (Å²) in [4.78, 5) is 0. The van der Waals surface area contributed by atoms with Crippen molar-refractivity contribution >= 4 is 6.08 Å². The van der Waals surface area contributed by atoms with Gasteiger partial charge in [0.2, 0.25) is 0 Å². The first-order valence-corrected chi connectivity index (χ1v) is 5.43. The van der Waals surface area contributed by atoms with Crippen LogP contribution < -0.4 is 0 Å². The molecule has 1 nitrogen and oxygen atoms in total. The smallest absolute Gasteiger partial charge is 0.0785 e. The molecule has 1 aromatic carbocycles. The first kappa shape index (κ1) is 12.5. The van der Waals surface area contributed by atoms with E-state index in [1.54, 1.807) is 6.08 Å². The standard InChI is InChI=1S/C15H18O/c1-3-4-6-11-15(16)13(2)12-14-9-7-5-8-10-14/h3-10,12,15-16H,1,11H2,2H3. The van der Waals surface area contributed by atoms with Crippen LogP contribution in [0.25, 0.3) is 6.08 Å². The van der Waals surface area contributed by atoms with E-state index in [0.29, 0.717) is 6.42 Å². The Morgan fingerprint density at radius 1 is 1.38 bits per heavy atom. The molecule has 0 aliphatic rings. The van der Waals surface area contributed by atoms with Crippen LogP contribution in [0.15, 0.2) is 60.7 Å². The van der Waals surface area contributed by atoms with Crippen molar-refractivity contribution in [2.45, 2.75) is 19.4 Å². The van der Waals surface area contributed by atoms with Crippen LogP contribution in [0.1, 0.15) is 18.9 Å². The summed E-state index contributed by atoms with van der Waals surface area (Å²) in [5.74, 6) is 0. The van der Waals surface area contributed by atoms with Crippen molar-refractivity contribution in [1.29, 1.82) is 0 Å². The molecule has 0 aliphatic carbocycles. The molecule has 1 heteroatoms. The Bertz CT molecular complexity index is 374. The maximum Gasteiger partial charge on any atom is 0.0785 e. The fourth-order valence-electron chi connectivity index (χ4n) is 1.40. The summed E-state index contributed by atoms with van der Waals surface area (Å²) < 4.78 is 0. The minimum atomic E-state index is -0.420. The lowest BCUT2D eigenvalue weighted by atomic mass is 10.0. The summed E-state index contributed by atoms with van der Waals surface area (Å²) >= 11 is 0. The predicted octanol–water partition coefficient (Wildman–Crippen LogP) is 3.58. The highest BCUT2D eigenvalue weighted by atomic mass is 16.3. The average Bonchev–Trinajstić information content (AvgIpc) is 2.30. The topological polar surface area (TPSA) is 20.2 Å². The molecule has 1 aromatic rings. The number of aliphatic hydroxyl groups excluding tert-OH is 1. The van der Waals surface area contributed by atoms with Gasteiger partial charge in [0.05, 0.1) is 6.10 Å². The van der Waals surface area contributed by atoms with E-state index >= 15 is 0 Å². The maximum absolute atomic E-state index is 9.85. The lowest BCUT2D eigenvalue weighted by Crippen LogP contribution is -2.06. The summed E-state index contributed by atoms with van der Waals surface area (Å²) in [6.07, 6.45) is 7.69. The lowest BCUT2D eigenvalue weighted by Gasteiger charge is -2.08. The fourth-order valence-corrected chi connectivity index (χ4v) is 1.40. The number of allylic oxidation sites excluding steroid dienone is 2. The van der Waals surface area contributed by atoms with Crippen LogP contribution in [-0.2, 0) is 0 Å². The molecule has 16 heavy (non-hydrogen) atoms. The normalized spacial score (nSPS) is 14.0. The number of hydrogen-bond donors (Lipinski definition) is 1. The van der Waals surface area contributed by atoms with E-state index in [1.807, 2.05) is 55.5 Å². The molecule has 0 aromatic heterocycles. The second-order valence-corrected chi connectivity index (χ2v) is 3.71. The molecule has 1 rings (SSSR count). The first-order chi connectivity index (χ1) is 7.74. The van der Waals surface area contributed by atoms with Gasteiger partial charge in [-0.3, -0.25) is 0 Å². The molecule has 0 fully saturated rings. The Balaban J connectivity index is 2.63. The van der Waals surface area contributed by atoms with Crippen molar-refractivity contribution < 1.29 is 5.11 Å². The van der Waals surface area contributed by atoms with Gasteiger partial charge in [-0.2, -0.15) is 0 Å². The van der Waals surface area contributed by atoms with Gasteiger partial charge in [0.15, 0.2) is 0 Å². The van der Waals surface area contributed by atoms with Crippen molar-refractivity contribution in [3.05, 3.63) is 66.3 Å². The van der Waals surface area contributed by atoms with Gasteiger partial charge in [0.25, 0.3) is 0 Å². The van der Waals surface area contributed by atoms with E-state index in [4.69, 9.17) is 0 Å². The van der Waals surface area contributed by atoms with Crippen molar-refractivity contribution in [2.24, 2.45) is 0 Å². The largest absolute Gasteiger partial charge is 0.388 e. The van der Waals surface area contributed by atoms with Crippen molar-refractivity contribution in [3.8, 4) is 0 Å². The fraction of sp³-hybridized carbons (Fsp3) is 0.200. The first-order valence-electron chi connectivity index (χ1n) is 5.43. The lowest BCUT2D eigenvalue weighted by molar-refractivity contribution is 0.215. The van der Waals surface area contributed by atoms with Crippen LogP contribution in [0.5, 0.6) is 0 Å². The Labute approximate surface area is 97.4 Å². The Morgan fingerprint density at radius 3 is 2.69 bits per heavy atom. The maximum atomic E-state index is 9.85. The summed E-state index contributed by atoms with van der Waals surface area (Å²) in [5.41, 5.74) is 2.09. The van der Waals surface area contributed by atoms with Crippen LogP contribution in [0.3, 0.4) is 0 Å². The highest BCUT2D eigenvalue weighted by molar-refractivity contribution is 5.53. The number of benzene rings is 1. The van der Waals surface area contributed by atoms with Crippen LogP contribution in [0.4, 0.5) is 0 Å². The van der Waals surface area contributed by atoms with Crippen LogP contribution in [-0.4, -0.2) is 11.2 Å². The third kappa shape index (κ3) is 4.28. The van der Waals surface area contributed by atoms with Gasteiger partial charge < -0.3 is 5.11 Å². The number of hydrogen-bond acceptors (Lipinski definition) is 1. The second-order valence-electron chi connectivity index (χ2n) is 3.71. The average molecular weight is 214 g/mol. The predicted molar refractivity (Wildman–Crippen MR) is 70.1 cm³/mol. The molecule has 0 heterocycles. The molecule has 84 valence electrons. The van der Waals surface area contributed by atoms with Crippen molar-refractivity contribution in [2.75, 3.05) is 0 Å². The van der Waals surface area contributed by atoms with Gasteiger partial charge in [-0.1, -0.05) is 61.2 Å². The van der Waals surface area contributed by atoms with Gasteiger partial charge >= 0.3 is 0 Å². The van der Waals surface area contributed by atoms with Gasteiger partial charge in [0, 0.05) is 0 Å². The third-order valence-corrected chi connectivity index (χ3v) is 2.35. The quantitative estimate of drug-likeness (QED) is 0.743. The highest BCUT2D eigenvalue weighted by Gasteiger charge is 2.03. The Kier molecular flexibility index (Phi) is 5.30. The molecule has 0 spiro atoms. The third-order valence-electron chi connectivity index (χ3n) is 2.35. The van der Waals surface area contributed by atoms with Crippen molar-refractivity contribution in [1.82, 2.24) is 0 Å². The summed E-state index contributed by atoms with van der Waals surface area (Å²) in [6, 6.07) is 10.0. The van der Waals surface area contributed by atoms with E-state index < -0.39 is 6.10 Å². The SMILES string of the molecule is C=CC=CCC(O)C(C)=Cc1ccccc1. The minimum absolute atomic E-state index is 0.420. The zero-order valence-corrected chi connectivity index (χ0v) is 9.63. The molecule has 1 N–H and O–H groups in total. The molecular weight excluding hydrogens is 196 g/mol. The number of rotatable bonds is 5. The molecule has 0 saturated carbocycles. The van der Waals surface area contributed by atoms with E-state index in [9.17, 15) is 5.11 Å². The monoisotopic (exact) mass is 214 g/mol. The zero-order valence-electron chi connectivity index (χ0n) is 9.63. The molecule has 0 radical (unpaired) electrons. The van der Waals surface area contributed by atoms with E-state index in [0.717, 1.165) is 11.1 Å². The minimum Gasteiger partial charge on any atom is -0.388 e. The summed E-state index contributed by atoms with van der Waals surface area (Å²) in [7, 11) is 0. The Hall–Kier alpha value is -1.60. The van der Waals surface area contributed by atoms with Crippen LogP contribution in [0.2, 0.25) is 0 Å². The highest BCUT2D eigenvalue weighted by Crippen LogP contribution is 2.12. The molecular formula is C15H18O. The van der Waals surface area contributed by atoms with Crippen LogP contribution in [0, 0.1) is 0 Å². The van der Waals surface area contributed by atoms with Gasteiger partial charge in [-0.05, 0) is 24.5 Å². The van der Waals surface area contributed by atoms with E-state index in [1.165, 1.54) is 0 Å². The zero-order chi connectivity index (χ0) is 11.8. The van der Waals surface area contributed by atoms with Crippen molar-refractivity contribution in [3.63, 3.8) is 0 Å². The number of aliphatic hydroxyl groups is 1. The molecule has 0 amide bonds. The molecule has 0 bridgehead atoms. The molecule has 0 aliphatic heterocycles. The second kappa shape index (κ2) is 6.81. The molecule has 1 unspecified atom stereocenters. The van der Waals surface area contributed by atoms with Gasteiger partial charge in [0.1, 0.15) is 0 Å². The van der Waals surface area contributed by atoms with E-state index in [2.05, 4.69) is 6.58 Å². The van der Waals surface area contributed by atoms with E-state index in [-0.39, 0.29) is 0 Å².